The summed E-state index contributed by atoms with van der Waals surface area (Å²) in [5, 5.41) is 4.11. The Morgan fingerprint density at radius 1 is 1.57 bits per heavy atom. The molecule has 0 saturated carbocycles. The molecule has 2 rings (SSSR count). The maximum Gasteiger partial charge on any atom is 0.185 e. The Kier molecular flexibility index (Phi) is 2.67. The number of nitrogens with zero attached hydrogens (tertiary/aromatic N) is 2. The summed E-state index contributed by atoms with van der Waals surface area (Å²) in [7, 11) is 0. The minimum Gasteiger partial charge on any atom is -0.456 e. The van der Waals surface area contributed by atoms with Crippen LogP contribution >= 0.6 is 22.6 Å². The average molecular weight is 302 g/mol. The molecule has 0 radical (unpaired) electrons. The normalized spacial score (nSPS) is 10.4. The average Bonchev–Trinajstić information content (AvgIpc) is 2.76. The van der Waals surface area contributed by atoms with Gasteiger partial charge in [-0.05, 0) is 34.7 Å². The van der Waals surface area contributed by atoms with Crippen molar-refractivity contribution < 1.29 is 9.21 Å². The standard InChI is InChI=1S/C9H7IN2O2/c10-7-3-11-12(4-7)5-8-1-2-9(6-13)14-8/h1-4,6H,5H2. The van der Waals surface area contributed by atoms with Gasteiger partial charge >= 0.3 is 0 Å². The van der Waals surface area contributed by atoms with Crippen LogP contribution in [0.2, 0.25) is 0 Å². The van der Waals surface area contributed by atoms with E-state index >= 15 is 0 Å². The molecule has 5 heteroatoms. The Labute approximate surface area is 94.0 Å². The SMILES string of the molecule is O=Cc1ccc(Cn2cc(I)cn2)o1. The van der Waals surface area contributed by atoms with Crippen molar-refractivity contribution in [1.29, 1.82) is 0 Å². The van der Waals surface area contributed by atoms with E-state index in [1.807, 2.05) is 6.20 Å². The molecule has 4 nitrogen and oxygen atoms in total. The van der Waals surface area contributed by atoms with Crippen molar-refractivity contribution >= 4 is 28.9 Å². The summed E-state index contributed by atoms with van der Waals surface area (Å²) in [4.78, 5) is 10.4. The molecule has 0 aliphatic heterocycles. The first-order chi connectivity index (χ1) is 6.78. The Hall–Kier alpha value is -1.11. The minimum absolute atomic E-state index is 0.349. The maximum absolute atomic E-state index is 10.4. The lowest BCUT2D eigenvalue weighted by atomic mass is 10.4. The van der Waals surface area contributed by atoms with Crippen LogP contribution in [0, 0.1) is 3.57 Å². The van der Waals surface area contributed by atoms with Crippen LogP contribution in [-0.2, 0) is 6.54 Å². The van der Waals surface area contributed by atoms with E-state index in [0.29, 0.717) is 18.6 Å². The Morgan fingerprint density at radius 3 is 3.00 bits per heavy atom. The van der Waals surface area contributed by atoms with E-state index in [1.54, 1.807) is 23.0 Å². The predicted octanol–water partition coefficient (Wildman–Crippen LogP) is 1.94. The van der Waals surface area contributed by atoms with Crippen molar-refractivity contribution in [3.05, 3.63) is 39.6 Å². The highest BCUT2D eigenvalue weighted by molar-refractivity contribution is 14.1. The molecule has 0 N–H and O–H groups in total. The third kappa shape index (κ3) is 2.03. The molecule has 0 amide bonds. The molecular formula is C9H7IN2O2. The van der Waals surface area contributed by atoms with Gasteiger partial charge in [-0.1, -0.05) is 0 Å². The molecule has 0 atom stereocenters. The molecule has 0 unspecified atom stereocenters. The van der Waals surface area contributed by atoms with Gasteiger partial charge in [0.2, 0.25) is 0 Å². The van der Waals surface area contributed by atoms with Gasteiger partial charge < -0.3 is 4.42 Å². The van der Waals surface area contributed by atoms with Gasteiger partial charge in [0.25, 0.3) is 0 Å². The highest BCUT2D eigenvalue weighted by Gasteiger charge is 2.02. The molecule has 0 saturated heterocycles. The van der Waals surface area contributed by atoms with Gasteiger partial charge in [0, 0.05) is 6.20 Å². The highest BCUT2D eigenvalue weighted by atomic mass is 127. The van der Waals surface area contributed by atoms with Crippen molar-refractivity contribution in [1.82, 2.24) is 9.78 Å². The van der Waals surface area contributed by atoms with Crippen molar-refractivity contribution in [2.45, 2.75) is 6.54 Å². The number of rotatable bonds is 3. The van der Waals surface area contributed by atoms with Crippen LogP contribution < -0.4 is 0 Å². The molecule has 0 bridgehead atoms. The fourth-order valence-corrected chi connectivity index (χ4v) is 1.57. The van der Waals surface area contributed by atoms with E-state index in [1.165, 1.54) is 0 Å². The number of hydrogen-bond donors (Lipinski definition) is 0. The van der Waals surface area contributed by atoms with E-state index in [2.05, 4.69) is 27.7 Å². The third-order valence-electron chi connectivity index (χ3n) is 1.72. The number of aldehydes is 1. The number of halogens is 1. The Balaban J connectivity index is 2.14. The summed E-state index contributed by atoms with van der Waals surface area (Å²) in [5.41, 5.74) is 0. The zero-order valence-electron chi connectivity index (χ0n) is 7.18. The van der Waals surface area contributed by atoms with Crippen LogP contribution in [0.1, 0.15) is 16.3 Å². The minimum atomic E-state index is 0.349. The van der Waals surface area contributed by atoms with Crippen molar-refractivity contribution in [3.63, 3.8) is 0 Å². The molecule has 2 heterocycles. The molecule has 2 aromatic heterocycles. The summed E-state index contributed by atoms with van der Waals surface area (Å²) in [6, 6.07) is 3.43. The monoisotopic (exact) mass is 302 g/mol. The van der Waals surface area contributed by atoms with Gasteiger partial charge in [-0.2, -0.15) is 5.10 Å². The van der Waals surface area contributed by atoms with Gasteiger partial charge in [0.1, 0.15) is 5.76 Å². The van der Waals surface area contributed by atoms with Gasteiger partial charge in [-0.3, -0.25) is 9.48 Å². The van der Waals surface area contributed by atoms with E-state index < -0.39 is 0 Å². The molecule has 0 fully saturated rings. The van der Waals surface area contributed by atoms with Gasteiger partial charge in [-0.25, -0.2) is 0 Å². The summed E-state index contributed by atoms with van der Waals surface area (Å²) in [6.07, 6.45) is 4.37. The quantitative estimate of drug-likeness (QED) is 0.643. The topological polar surface area (TPSA) is 48.0 Å². The van der Waals surface area contributed by atoms with Crippen molar-refractivity contribution in [3.8, 4) is 0 Å². The fraction of sp³-hybridized carbons (Fsp3) is 0.111. The van der Waals surface area contributed by atoms with Crippen molar-refractivity contribution in [2.24, 2.45) is 0 Å². The number of aromatic nitrogens is 2. The highest BCUT2D eigenvalue weighted by Crippen LogP contribution is 2.08. The van der Waals surface area contributed by atoms with Gasteiger partial charge in [-0.15, -0.1) is 0 Å². The molecule has 2 aromatic rings. The van der Waals surface area contributed by atoms with Crippen molar-refractivity contribution in [2.75, 3.05) is 0 Å². The summed E-state index contributed by atoms with van der Waals surface area (Å²) in [6.45, 7) is 0.552. The second kappa shape index (κ2) is 3.95. The zero-order valence-corrected chi connectivity index (χ0v) is 9.34. The second-order valence-electron chi connectivity index (χ2n) is 2.78. The molecular weight excluding hydrogens is 295 g/mol. The first kappa shape index (κ1) is 9.45. The molecule has 0 spiro atoms. The molecule has 72 valence electrons. The van der Waals surface area contributed by atoms with E-state index in [9.17, 15) is 4.79 Å². The van der Waals surface area contributed by atoms with E-state index in [0.717, 1.165) is 9.33 Å². The number of carbonyl (C=O) groups excluding carboxylic acids is 1. The van der Waals surface area contributed by atoms with E-state index in [4.69, 9.17) is 4.42 Å². The molecule has 0 aromatic carbocycles. The summed E-state index contributed by atoms with van der Waals surface area (Å²) in [5.74, 6) is 1.08. The predicted molar refractivity (Wildman–Crippen MR) is 58.1 cm³/mol. The Morgan fingerprint density at radius 2 is 2.43 bits per heavy atom. The maximum atomic E-state index is 10.4. The fourth-order valence-electron chi connectivity index (χ4n) is 1.13. The van der Waals surface area contributed by atoms with Crippen LogP contribution in [0.3, 0.4) is 0 Å². The number of furan rings is 1. The lowest BCUT2D eigenvalue weighted by Gasteiger charge is -1.95. The van der Waals surface area contributed by atoms with Crippen LogP contribution in [0.15, 0.2) is 28.9 Å². The lowest BCUT2D eigenvalue weighted by molar-refractivity contribution is 0.109. The van der Waals surface area contributed by atoms with Gasteiger partial charge in [0.05, 0.1) is 16.3 Å². The number of carbonyl (C=O) groups is 1. The van der Waals surface area contributed by atoms with Crippen LogP contribution in [0.4, 0.5) is 0 Å². The second-order valence-corrected chi connectivity index (χ2v) is 4.02. The first-order valence-corrected chi connectivity index (χ1v) is 5.07. The first-order valence-electron chi connectivity index (χ1n) is 4.00. The molecule has 14 heavy (non-hydrogen) atoms. The lowest BCUT2D eigenvalue weighted by Crippen LogP contribution is -1.98. The molecule has 0 aliphatic carbocycles. The number of hydrogen-bond acceptors (Lipinski definition) is 3. The summed E-state index contributed by atoms with van der Waals surface area (Å²) < 4.78 is 8.05. The zero-order chi connectivity index (χ0) is 9.97. The Bertz CT molecular complexity index is 447. The molecule has 0 aliphatic rings. The van der Waals surface area contributed by atoms with Crippen LogP contribution in [0.5, 0.6) is 0 Å². The summed E-state index contributed by atoms with van der Waals surface area (Å²) >= 11 is 2.19. The van der Waals surface area contributed by atoms with Gasteiger partial charge in [0.15, 0.2) is 12.0 Å². The van der Waals surface area contributed by atoms with E-state index in [-0.39, 0.29) is 0 Å². The third-order valence-corrected chi connectivity index (χ3v) is 2.28. The largest absolute Gasteiger partial charge is 0.456 e. The van der Waals surface area contributed by atoms with Crippen LogP contribution in [-0.4, -0.2) is 16.1 Å². The smallest absolute Gasteiger partial charge is 0.185 e. The van der Waals surface area contributed by atoms with Crippen LogP contribution in [0.25, 0.3) is 0 Å².